The number of carboxylic acids is 1. The average molecular weight is 801 g/mol. The predicted molar refractivity (Wildman–Crippen MR) is 213 cm³/mol. The molecule has 2 bridgehead atoms. The first kappa shape index (κ1) is 42.5. The molecule has 2 heterocycles. The van der Waals surface area contributed by atoms with E-state index < -0.39 is 59.7 Å². The number of carboxylic acid groups (broad SMARTS) is 1. The number of aromatic hydroxyl groups is 3. The second-order valence-corrected chi connectivity index (χ2v) is 15.4. The van der Waals surface area contributed by atoms with Crippen LogP contribution < -0.4 is 15.8 Å². The normalized spacial score (nSPS) is 28.2. The van der Waals surface area contributed by atoms with E-state index in [-0.39, 0.29) is 80.3 Å². The van der Waals surface area contributed by atoms with Crippen molar-refractivity contribution in [3.05, 3.63) is 95.6 Å². The number of ether oxygens (including phenoxy) is 4. The molecule has 0 amide bonds. The number of nitrogens with two attached hydrogens (primary N) is 1. The first-order valence-corrected chi connectivity index (χ1v) is 19.5. The van der Waals surface area contributed by atoms with Gasteiger partial charge in [0.2, 0.25) is 0 Å². The summed E-state index contributed by atoms with van der Waals surface area (Å²) in [5.41, 5.74) is 2.34. The van der Waals surface area contributed by atoms with Crippen molar-refractivity contribution in [2.24, 2.45) is 17.6 Å². The van der Waals surface area contributed by atoms with Gasteiger partial charge >= 0.3 is 5.97 Å². The number of carbonyl (C=O) groups is 3. The van der Waals surface area contributed by atoms with Crippen LogP contribution in [0.1, 0.15) is 48.8 Å². The second-order valence-electron chi connectivity index (χ2n) is 15.4. The van der Waals surface area contributed by atoms with E-state index in [0.717, 1.165) is 5.56 Å². The number of aliphatic carboxylic acids is 1. The summed E-state index contributed by atoms with van der Waals surface area (Å²) in [5, 5.41) is 56.2. The van der Waals surface area contributed by atoms with Gasteiger partial charge in [-0.3, -0.25) is 9.59 Å². The highest BCUT2D eigenvalue weighted by molar-refractivity contribution is 6.00. The maximum Gasteiger partial charge on any atom is 0.336 e. The van der Waals surface area contributed by atoms with Gasteiger partial charge in [0.05, 0.1) is 12.7 Å². The molecule has 3 aromatic rings. The van der Waals surface area contributed by atoms with Gasteiger partial charge in [-0.2, -0.15) is 0 Å². The summed E-state index contributed by atoms with van der Waals surface area (Å²) in [7, 11) is 1.66. The van der Waals surface area contributed by atoms with Crippen LogP contribution in [0, 0.1) is 11.8 Å². The minimum absolute atomic E-state index is 0.0145. The lowest BCUT2D eigenvalue weighted by molar-refractivity contribution is -0.332. The molecule has 0 aromatic heterocycles. The van der Waals surface area contributed by atoms with E-state index in [1.54, 1.807) is 19.2 Å². The lowest BCUT2D eigenvalue weighted by atomic mass is 9.58. The van der Waals surface area contributed by atoms with Crippen LogP contribution in [0.4, 0.5) is 0 Å². The number of rotatable bonds is 17. The van der Waals surface area contributed by atoms with Gasteiger partial charge in [0.1, 0.15) is 30.5 Å². The largest absolute Gasteiger partial charge is 0.504 e. The average Bonchev–Trinajstić information content (AvgIpc) is 3.20. The van der Waals surface area contributed by atoms with E-state index in [4.69, 9.17) is 24.7 Å². The Balaban J connectivity index is 1.31. The summed E-state index contributed by atoms with van der Waals surface area (Å²) in [6.07, 6.45) is 4.48. The summed E-state index contributed by atoms with van der Waals surface area (Å²) < 4.78 is 25.2. The molecule has 6 rings (SSSR count). The van der Waals surface area contributed by atoms with E-state index in [9.17, 15) is 39.9 Å². The van der Waals surface area contributed by atoms with Gasteiger partial charge in [0.15, 0.2) is 40.2 Å². The van der Waals surface area contributed by atoms with E-state index in [0.29, 0.717) is 24.0 Å². The van der Waals surface area contributed by atoms with E-state index in [2.05, 4.69) is 5.32 Å². The van der Waals surface area contributed by atoms with Crippen LogP contribution in [0.25, 0.3) is 12.2 Å². The number of nitrogens with one attached hydrogen (secondary N) is 1. The molecule has 2 saturated heterocycles. The third-order valence-electron chi connectivity index (χ3n) is 11.5. The number of hydrogen-bond acceptors (Lipinski definition) is 13. The highest BCUT2D eigenvalue weighted by Gasteiger charge is 2.71. The van der Waals surface area contributed by atoms with Crippen molar-refractivity contribution < 1.29 is 58.9 Å². The number of aliphatic hydroxyl groups is 1. The smallest absolute Gasteiger partial charge is 0.336 e. The summed E-state index contributed by atoms with van der Waals surface area (Å²) in [4.78, 5) is 41.3. The number of likely N-dealkylation sites (N-methyl/N-ethyl adjacent to an activating group) is 1. The van der Waals surface area contributed by atoms with Crippen molar-refractivity contribution in [1.82, 2.24) is 5.32 Å². The topological polar surface area (TPSA) is 227 Å². The zero-order valence-electron chi connectivity index (χ0n) is 32.4. The quantitative estimate of drug-likeness (QED) is 0.0762. The summed E-state index contributed by atoms with van der Waals surface area (Å²) >= 11 is 0. The third kappa shape index (κ3) is 8.97. The van der Waals surface area contributed by atoms with Crippen LogP contribution in [-0.4, -0.2) is 112 Å². The van der Waals surface area contributed by atoms with Crippen LogP contribution in [0.15, 0.2) is 78.9 Å². The van der Waals surface area contributed by atoms with Gasteiger partial charge in [0.25, 0.3) is 0 Å². The lowest BCUT2D eigenvalue weighted by Gasteiger charge is -2.63. The molecule has 58 heavy (non-hydrogen) atoms. The molecular formula is C44H52N2O12. The van der Waals surface area contributed by atoms with Crippen LogP contribution in [0.5, 0.6) is 23.0 Å². The minimum atomic E-state index is -2.11. The van der Waals surface area contributed by atoms with Gasteiger partial charge < -0.3 is 55.5 Å². The SMILES string of the molecule is CNC[C@@]12O[C@@]3(C(=O)C=Cc4ccc(O)c(O)c4)CC[C@H]1[C@](OCC(=O)C=Cc1ccc(OCCN)c(O)c1)(C(=O)O)C[C@@H](O)[C@H]2OC[C@H](CCc1ccccc1)C3. The van der Waals surface area contributed by atoms with Crippen molar-refractivity contribution in [2.45, 2.75) is 67.5 Å². The first-order chi connectivity index (χ1) is 27.8. The fraction of sp³-hybridized carbons (Fsp3) is 0.432. The van der Waals surface area contributed by atoms with Gasteiger partial charge in [-0.15, -0.1) is 0 Å². The fourth-order valence-electron chi connectivity index (χ4n) is 8.84. The molecule has 14 heteroatoms. The number of phenols is 3. The first-order valence-electron chi connectivity index (χ1n) is 19.5. The summed E-state index contributed by atoms with van der Waals surface area (Å²) in [6, 6.07) is 18.7. The number of fused-ring (bicyclic) bond motifs is 1. The zero-order valence-corrected chi connectivity index (χ0v) is 32.4. The number of carbonyl (C=O) groups excluding carboxylic acids is 2. The highest BCUT2D eigenvalue weighted by atomic mass is 16.6. The van der Waals surface area contributed by atoms with Crippen molar-refractivity contribution in [3.8, 4) is 23.0 Å². The molecular weight excluding hydrogens is 748 g/mol. The zero-order chi connectivity index (χ0) is 41.5. The van der Waals surface area contributed by atoms with Crippen molar-refractivity contribution >= 4 is 29.7 Å². The van der Waals surface area contributed by atoms with Gasteiger partial charge in [-0.05, 0) is 98.2 Å². The Hall–Kier alpha value is -5.09. The monoisotopic (exact) mass is 800 g/mol. The molecule has 310 valence electrons. The molecule has 3 aliphatic rings. The molecule has 0 unspecified atom stereocenters. The lowest BCUT2D eigenvalue weighted by Crippen LogP contribution is -2.78. The molecule has 1 saturated carbocycles. The van der Waals surface area contributed by atoms with Gasteiger partial charge in [-0.1, -0.05) is 54.6 Å². The molecule has 14 nitrogen and oxygen atoms in total. The second kappa shape index (κ2) is 18.2. The number of aliphatic hydroxyl groups excluding tert-OH is 1. The van der Waals surface area contributed by atoms with Crippen LogP contribution in [-0.2, 0) is 35.0 Å². The predicted octanol–water partition coefficient (Wildman–Crippen LogP) is 3.77. The number of benzene rings is 3. The molecule has 3 aromatic carbocycles. The molecule has 8 N–H and O–H groups in total. The van der Waals surface area contributed by atoms with E-state index in [1.165, 1.54) is 48.6 Å². The Kier molecular flexibility index (Phi) is 13.4. The van der Waals surface area contributed by atoms with Crippen molar-refractivity contribution in [1.29, 1.82) is 0 Å². The highest BCUT2D eigenvalue weighted by Crippen LogP contribution is 2.56. The Bertz CT molecular complexity index is 2000. The molecule has 1 aliphatic carbocycles. The van der Waals surface area contributed by atoms with E-state index in [1.807, 2.05) is 30.3 Å². The number of phenolic OH excluding ortho intramolecular Hbond substituents is 3. The Morgan fingerprint density at radius 3 is 2.36 bits per heavy atom. The fourth-order valence-corrected chi connectivity index (χ4v) is 8.84. The van der Waals surface area contributed by atoms with Crippen LogP contribution >= 0.6 is 0 Å². The Morgan fingerprint density at radius 2 is 1.67 bits per heavy atom. The van der Waals surface area contributed by atoms with Gasteiger partial charge in [0, 0.05) is 25.4 Å². The van der Waals surface area contributed by atoms with Gasteiger partial charge in [-0.25, -0.2) is 4.79 Å². The third-order valence-corrected chi connectivity index (χ3v) is 11.5. The minimum Gasteiger partial charge on any atom is -0.504 e. The summed E-state index contributed by atoms with van der Waals surface area (Å²) in [5.74, 6) is -4.06. The van der Waals surface area contributed by atoms with Crippen LogP contribution in [0.3, 0.4) is 0 Å². The molecule has 0 spiro atoms. The Morgan fingerprint density at radius 1 is 0.948 bits per heavy atom. The summed E-state index contributed by atoms with van der Waals surface area (Å²) in [6.45, 7) is -0.0173. The molecule has 7 atom stereocenters. The van der Waals surface area contributed by atoms with Crippen molar-refractivity contribution in [3.63, 3.8) is 0 Å². The molecule has 0 radical (unpaired) electrons. The molecule has 2 aliphatic heterocycles. The standard InChI is InChI=1S/C44H52N2O12/c1-46-27-44-38-17-18-42(58-44,39(52)16-12-30-10-14-33(48)34(49)21-30)23-31(8-7-28-5-3-2-4-6-28)25-56-40(44)36(51)24-43(38,41(53)54)57-26-32(47)13-9-29-11-15-37(35(50)22-29)55-20-19-45/h2-6,9-16,21-22,31,36,38,40,46,48-51H,7-8,17-20,23-27,45H2,1H3,(H,53,54)/t31-,36-,38+,40-,42+,43+,44-/m1/s1. The van der Waals surface area contributed by atoms with E-state index >= 15 is 0 Å². The number of ketones is 2. The van der Waals surface area contributed by atoms with Crippen molar-refractivity contribution in [2.75, 3.05) is 40.0 Å². The maximum absolute atomic E-state index is 14.6. The number of aryl methyl sites for hydroxylation is 1. The maximum atomic E-state index is 14.6. The van der Waals surface area contributed by atoms with Crippen LogP contribution in [0.2, 0.25) is 0 Å². The molecule has 3 fully saturated rings. The Labute approximate surface area is 336 Å². The number of hydrogen-bond donors (Lipinski definition) is 7.